The summed E-state index contributed by atoms with van der Waals surface area (Å²) < 4.78 is 0. The molecule has 0 aliphatic heterocycles. The Morgan fingerprint density at radius 2 is 0.548 bits per heavy atom. The molecule has 0 amide bonds. The first-order chi connectivity index (χ1) is 20.6. The van der Waals surface area contributed by atoms with Crippen molar-refractivity contribution in [3.05, 3.63) is 166 Å². The Morgan fingerprint density at radius 1 is 0.310 bits per heavy atom. The predicted molar refractivity (Wildman–Crippen MR) is 177 cm³/mol. The Bertz CT molecular complexity index is 1930. The molecule has 0 saturated carbocycles. The fourth-order valence-corrected chi connectivity index (χ4v) is 4.89. The van der Waals surface area contributed by atoms with Crippen LogP contribution in [0.1, 0.15) is 44.5 Å². The summed E-state index contributed by atoms with van der Waals surface area (Å²) in [6, 6.07) is 45.5. The van der Waals surface area contributed by atoms with Crippen molar-refractivity contribution >= 4 is 58.0 Å². The van der Waals surface area contributed by atoms with Crippen molar-refractivity contribution in [3.8, 4) is 12.1 Å². The van der Waals surface area contributed by atoms with Crippen LogP contribution in [0.25, 0.3) is 58.0 Å². The van der Waals surface area contributed by atoms with Crippen molar-refractivity contribution in [2.24, 2.45) is 0 Å². The number of hydrogen-bond acceptors (Lipinski definition) is 2. The lowest BCUT2D eigenvalue weighted by Gasteiger charge is -2.04. The van der Waals surface area contributed by atoms with Gasteiger partial charge in [0.25, 0.3) is 0 Å². The lowest BCUT2D eigenvalue weighted by Crippen LogP contribution is -1.80. The maximum atomic E-state index is 8.97. The molecule has 0 spiro atoms. The molecule has 0 N–H and O–H groups in total. The van der Waals surface area contributed by atoms with Gasteiger partial charge in [0.1, 0.15) is 0 Å². The molecule has 0 aliphatic rings. The highest BCUT2D eigenvalue weighted by Gasteiger charge is 1.99. The van der Waals surface area contributed by atoms with E-state index in [9.17, 15) is 0 Å². The van der Waals surface area contributed by atoms with E-state index in [4.69, 9.17) is 10.5 Å². The number of benzene rings is 6. The normalized spacial score (nSPS) is 11.5. The van der Waals surface area contributed by atoms with Gasteiger partial charge in [-0.1, -0.05) is 109 Å². The maximum Gasteiger partial charge on any atom is 0.0991 e. The van der Waals surface area contributed by atoms with Crippen molar-refractivity contribution in [2.75, 3.05) is 0 Å². The van der Waals surface area contributed by atoms with Crippen LogP contribution in [0.4, 0.5) is 0 Å². The molecule has 0 saturated heterocycles. The van der Waals surface area contributed by atoms with Gasteiger partial charge in [-0.3, -0.25) is 0 Å². The second-order valence-corrected chi connectivity index (χ2v) is 10.2. The van der Waals surface area contributed by atoms with Gasteiger partial charge < -0.3 is 0 Å². The molecule has 6 aromatic carbocycles. The molecular formula is C40H26N2. The second kappa shape index (κ2) is 12.1. The van der Waals surface area contributed by atoms with Gasteiger partial charge in [-0.2, -0.15) is 10.5 Å². The van der Waals surface area contributed by atoms with Gasteiger partial charge in [-0.05, 0) is 103 Å². The van der Waals surface area contributed by atoms with Crippen LogP contribution in [0.3, 0.4) is 0 Å². The Balaban J connectivity index is 1.14. The number of rotatable bonds is 6. The number of hydrogen-bond donors (Lipinski definition) is 0. The molecule has 2 nitrogen and oxygen atoms in total. The highest BCUT2D eigenvalue weighted by atomic mass is 14.2. The van der Waals surface area contributed by atoms with Crippen molar-refractivity contribution < 1.29 is 0 Å². The van der Waals surface area contributed by atoms with E-state index in [0.717, 1.165) is 33.4 Å². The van der Waals surface area contributed by atoms with Crippen LogP contribution >= 0.6 is 0 Å². The standard InChI is InChI=1S/C40H26N2/c41-27-35-11-3-29(4-12-35)1-7-31-15-19-39-25-33(17-21-37(39)23-31)9-10-34-18-22-38-24-32(16-20-40(38)26-34)8-2-30-5-13-36(28-42)14-6-30/h1-26H/b7-1+,8-2+,10-9+. The molecule has 0 aromatic heterocycles. The van der Waals surface area contributed by atoms with Crippen LogP contribution < -0.4 is 0 Å². The number of nitriles is 2. The van der Waals surface area contributed by atoms with E-state index < -0.39 is 0 Å². The minimum absolute atomic E-state index is 0.669. The van der Waals surface area contributed by atoms with Crippen molar-refractivity contribution in [3.63, 3.8) is 0 Å². The molecule has 0 atom stereocenters. The molecule has 0 radical (unpaired) electrons. The minimum Gasteiger partial charge on any atom is -0.192 e. The zero-order valence-electron chi connectivity index (χ0n) is 22.9. The highest BCUT2D eigenvalue weighted by molar-refractivity contribution is 5.91. The van der Waals surface area contributed by atoms with Crippen LogP contribution in [0.2, 0.25) is 0 Å². The summed E-state index contributed by atoms with van der Waals surface area (Å²) in [4.78, 5) is 0. The number of nitrogens with zero attached hydrogens (tertiary/aromatic N) is 2. The van der Waals surface area contributed by atoms with Gasteiger partial charge >= 0.3 is 0 Å². The summed E-state index contributed by atoms with van der Waals surface area (Å²) in [6.45, 7) is 0. The first kappa shape index (κ1) is 26.3. The molecule has 0 fully saturated rings. The minimum atomic E-state index is 0.669. The average molecular weight is 535 g/mol. The molecule has 0 bridgehead atoms. The van der Waals surface area contributed by atoms with E-state index in [2.05, 4.69) is 121 Å². The first-order valence-electron chi connectivity index (χ1n) is 13.8. The average Bonchev–Trinajstić information content (AvgIpc) is 3.05. The summed E-state index contributed by atoms with van der Waals surface area (Å²) >= 11 is 0. The largest absolute Gasteiger partial charge is 0.192 e. The molecule has 0 aliphatic carbocycles. The van der Waals surface area contributed by atoms with E-state index in [1.54, 1.807) is 0 Å². The number of fused-ring (bicyclic) bond motifs is 2. The topological polar surface area (TPSA) is 47.6 Å². The summed E-state index contributed by atoms with van der Waals surface area (Å²) in [5, 5.41) is 22.7. The molecule has 6 aromatic rings. The van der Waals surface area contributed by atoms with E-state index in [1.165, 1.54) is 21.5 Å². The predicted octanol–water partition coefficient (Wildman–Crippen LogP) is 10.2. The van der Waals surface area contributed by atoms with Crippen molar-refractivity contribution in [2.45, 2.75) is 0 Å². The van der Waals surface area contributed by atoms with Crippen LogP contribution in [0.15, 0.2) is 121 Å². The molecule has 0 unspecified atom stereocenters. The molecule has 0 heterocycles. The van der Waals surface area contributed by atoms with Gasteiger partial charge in [0.05, 0.1) is 23.3 Å². The summed E-state index contributed by atoms with van der Waals surface area (Å²) in [5.74, 6) is 0. The van der Waals surface area contributed by atoms with Crippen LogP contribution in [-0.2, 0) is 0 Å². The lowest BCUT2D eigenvalue weighted by atomic mass is 10.0. The van der Waals surface area contributed by atoms with Gasteiger partial charge in [0, 0.05) is 0 Å². The van der Waals surface area contributed by atoms with Gasteiger partial charge in [-0.15, -0.1) is 0 Å². The van der Waals surface area contributed by atoms with E-state index >= 15 is 0 Å². The molecule has 196 valence electrons. The Kier molecular flexibility index (Phi) is 7.54. The van der Waals surface area contributed by atoms with Crippen LogP contribution in [0, 0.1) is 22.7 Å². The highest BCUT2D eigenvalue weighted by Crippen LogP contribution is 2.23. The molecule has 42 heavy (non-hydrogen) atoms. The molecule has 2 heteroatoms. The van der Waals surface area contributed by atoms with Crippen LogP contribution in [0.5, 0.6) is 0 Å². The summed E-state index contributed by atoms with van der Waals surface area (Å²) in [7, 11) is 0. The first-order valence-corrected chi connectivity index (χ1v) is 13.8. The Labute approximate surface area is 246 Å². The lowest BCUT2D eigenvalue weighted by molar-refractivity contribution is 1.48. The van der Waals surface area contributed by atoms with Gasteiger partial charge in [0.15, 0.2) is 0 Å². The quantitative estimate of drug-likeness (QED) is 0.200. The summed E-state index contributed by atoms with van der Waals surface area (Å²) in [6.07, 6.45) is 12.7. The molecular weight excluding hydrogens is 508 g/mol. The Hall–Kier alpha value is -5.96. The third-order valence-corrected chi connectivity index (χ3v) is 7.26. The Morgan fingerprint density at radius 3 is 0.810 bits per heavy atom. The van der Waals surface area contributed by atoms with Gasteiger partial charge in [-0.25, -0.2) is 0 Å². The zero-order valence-corrected chi connectivity index (χ0v) is 22.9. The third kappa shape index (κ3) is 6.26. The van der Waals surface area contributed by atoms with Crippen molar-refractivity contribution in [1.82, 2.24) is 0 Å². The molecule has 6 rings (SSSR count). The van der Waals surface area contributed by atoms with Gasteiger partial charge in [0.2, 0.25) is 0 Å². The van der Waals surface area contributed by atoms with E-state index in [1.807, 2.05) is 48.5 Å². The van der Waals surface area contributed by atoms with E-state index in [-0.39, 0.29) is 0 Å². The van der Waals surface area contributed by atoms with E-state index in [0.29, 0.717) is 11.1 Å². The maximum absolute atomic E-state index is 8.97. The third-order valence-electron chi connectivity index (χ3n) is 7.26. The zero-order chi connectivity index (χ0) is 28.7. The smallest absolute Gasteiger partial charge is 0.0991 e. The van der Waals surface area contributed by atoms with Crippen LogP contribution in [-0.4, -0.2) is 0 Å². The SMILES string of the molecule is N#Cc1ccc(/C=C/c2ccc3cc(/C=C/c4ccc5cc(/C=C/c6ccc(C#N)cc6)ccc5c4)ccc3c2)cc1. The van der Waals surface area contributed by atoms with Crippen molar-refractivity contribution in [1.29, 1.82) is 10.5 Å². The monoisotopic (exact) mass is 534 g/mol. The summed E-state index contributed by atoms with van der Waals surface area (Å²) in [5.41, 5.74) is 8.07. The fraction of sp³-hybridized carbons (Fsp3) is 0. The second-order valence-electron chi connectivity index (χ2n) is 10.2. The fourth-order valence-electron chi connectivity index (χ4n) is 4.89.